The number of rotatable bonds is 2. The van der Waals surface area contributed by atoms with Gasteiger partial charge < -0.3 is 11.1 Å². The third-order valence-corrected chi connectivity index (χ3v) is 2.91. The summed E-state index contributed by atoms with van der Waals surface area (Å²) in [7, 11) is 0. The molecule has 6 heteroatoms. The molecule has 0 atom stereocenters. The topological polar surface area (TPSA) is 91.8 Å². The Hall–Kier alpha value is -2.58. The number of nitrogens with two attached hydrogens (primary N) is 1. The summed E-state index contributed by atoms with van der Waals surface area (Å²) >= 11 is 5.99. The standard InChI is InChI=1S/C14H11ClN4O/c1-8-4-10(6-13(17)18-8)14(20)19-12-5-9(7-16)2-3-11(12)15/h2-6H,1H3,(H2,17,18)(H,19,20). The molecule has 0 unspecified atom stereocenters. The first-order valence-electron chi connectivity index (χ1n) is 5.75. The van der Waals surface area contributed by atoms with Gasteiger partial charge in [-0.05, 0) is 37.3 Å². The van der Waals surface area contributed by atoms with Crippen molar-refractivity contribution in [1.82, 2.24) is 4.98 Å². The second-order valence-electron chi connectivity index (χ2n) is 4.18. The summed E-state index contributed by atoms with van der Waals surface area (Å²) in [5, 5.41) is 11.9. The highest BCUT2D eigenvalue weighted by Gasteiger charge is 2.10. The van der Waals surface area contributed by atoms with Crippen molar-refractivity contribution < 1.29 is 4.79 Å². The number of anilines is 2. The predicted octanol–water partition coefficient (Wildman–Crippen LogP) is 2.75. The largest absolute Gasteiger partial charge is 0.384 e. The molecule has 1 heterocycles. The first-order chi connectivity index (χ1) is 9.49. The van der Waals surface area contributed by atoms with E-state index in [-0.39, 0.29) is 11.7 Å². The van der Waals surface area contributed by atoms with Crippen LogP contribution in [0.4, 0.5) is 11.5 Å². The lowest BCUT2D eigenvalue weighted by Crippen LogP contribution is -2.13. The van der Waals surface area contributed by atoms with Gasteiger partial charge in [-0.25, -0.2) is 4.98 Å². The molecule has 0 bridgehead atoms. The maximum absolute atomic E-state index is 12.1. The number of carbonyl (C=O) groups excluding carboxylic acids is 1. The predicted molar refractivity (Wildman–Crippen MR) is 77.5 cm³/mol. The first kappa shape index (κ1) is 13.8. The number of nitrogens with one attached hydrogen (secondary N) is 1. The Bertz CT molecular complexity index is 701. The van der Waals surface area contributed by atoms with Gasteiger partial charge in [0.1, 0.15) is 5.82 Å². The molecule has 0 radical (unpaired) electrons. The van der Waals surface area contributed by atoms with Gasteiger partial charge in [-0.15, -0.1) is 0 Å². The van der Waals surface area contributed by atoms with Crippen molar-refractivity contribution in [3.05, 3.63) is 52.2 Å². The van der Waals surface area contributed by atoms with Crippen LogP contribution in [0.25, 0.3) is 0 Å². The van der Waals surface area contributed by atoms with Crippen LogP contribution in [-0.4, -0.2) is 10.9 Å². The zero-order valence-electron chi connectivity index (χ0n) is 10.6. The summed E-state index contributed by atoms with van der Waals surface area (Å²) < 4.78 is 0. The molecule has 0 saturated heterocycles. The number of nitrogen functional groups attached to an aromatic ring is 1. The second-order valence-corrected chi connectivity index (χ2v) is 4.59. The maximum atomic E-state index is 12.1. The molecule has 0 aliphatic carbocycles. The maximum Gasteiger partial charge on any atom is 0.255 e. The van der Waals surface area contributed by atoms with E-state index in [0.29, 0.717) is 27.5 Å². The SMILES string of the molecule is Cc1cc(C(=O)Nc2cc(C#N)ccc2Cl)cc(N)n1. The number of hydrogen-bond acceptors (Lipinski definition) is 4. The fourth-order valence-electron chi connectivity index (χ4n) is 1.71. The van der Waals surface area contributed by atoms with Crippen LogP contribution in [0.3, 0.4) is 0 Å². The molecule has 0 aliphatic heterocycles. The van der Waals surface area contributed by atoms with Crippen LogP contribution in [0.15, 0.2) is 30.3 Å². The van der Waals surface area contributed by atoms with Crippen molar-refractivity contribution in [2.75, 3.05) is 11.1 Å². The summed E-state index contributed by atoms with van der Waals surface area (Å²) in [6.07, 6.45) is 0. The van der Waals surface area contributed by atoms with E-state index in [0.717, 1.165) is 0 Å². The molecule has 1 aromatic heterocycles. The van der Waals surface area contributed by atoms with E-state index >= 15 is 0 Å². The normalized spacial score (nSPS) is 9.85. The number of benzene rings is 1. The van der Waals surface area contributed by atoms with Crippen LogP contribution in [-0.2, 0) is 0 Å². The third kappa shape index (κ3) is 3.05. The van der Waals surface area contributed by atoms with Crippen LogP contribution < -0.4 is 11.1 Å². The Morgan fingerprint density at radius 3 is 2.80 bits per heavy atom. The van der Waals surface area contributed by atoms with Crippen LogP contribution in [0.1, 0.15) is 21.6 Å². The van der Waals surface area contributed by atoms with E-state index in [2.05, 4.69) is 10.3 Å². The van der Waals surface area contributed by atoms with Gasteiger partial charge in [0.2, 0.25) is 0 Å². The average molecular weight is 287 g/mol. The first-order valence-corrected chi connectivity index (χ1v) is 6.12. The minimum atomic E-state index is -0.362. The molecular weight excluding hydrogens is 276 g/mol. The lowest BCUT2D eigenvalue weighted by molar-refractivity contribution is 0.102. The van der Waals surface area contributed by atoms with Gasteiger partial charge in [0.15, 0.2) is 0 Å². The molecule has 100 valence electrons. The molecule has 0 aliphatic rings. The van der Waals surface area contributed by atoms with Gasteiger partial charge >= 0.3 is 0 Å². The number of amides is 1. The minimum Gasteiger partial charge on any atom is -0.384 e. The molecule has 1 aromatic carbocycles. The van der Waals surface area contributed by atoms with Crippen molar-refractivity contribution in [3.63, 3.8) is 0 Å². The van der Waals surface area contributed by atoms with Crippen molar-refractivity contribution in [2.24, 2.45) is 0 Å². The summed E-state index contributed by atoms with van der Waals surface area (Å²) in [4.78, 5) is 16.1. The number of aryl methyl sites for hydroxylation is 1. The van der Waals surface area contributed by atoms with Crippen molar-refractivity contribution >= 4 is 29.0 Å². The average Bonchev–Trinajstić information content (AvgIpc) is 2.40. The highest BCUT2D eigenvalue weighted by atomic mass is 35.5. The Morgan fingerprint density at radius 1 is 1.40 bits per heavy atom. The van der Waals surface area contributed by atoms with Crippen LogP contribution in [0.2, 0.25) is 5.02 Å². The Morgan fingerprint density at radius 2 is 2.15 bits per heavy atom. The summed E-state index contributed by atoms with van der Waals surface area (Å²) in [5.74, 6) is -0.0915. The quantitative estimate of drug-likeness (QED) is 0.888. The molecule has 3 N–H and O–H groups in total. The minimum absolute atomic E-state index is 0.270. The van der Waals surface area contributed by atoms with Gasteiger partial charge in [0, 0.05) is 11.3 Å². The zero-order valence-corrected chi connectivity index (χ0v) is 11.4. The highest BCUT2D eigenvalue weighted by Crippen LogP contribution is 2.23. The molecular formula is C14H11ClN4O. The van der Waals surface area contributed by atoms with E-state index in [1.165, 1.54) is 12.1 Å². The number of nitrogens with zero attached hydrogens (tertiary/aromatic N) is 2. The molecule has 20 heavy (non-hydrogen) atoms. The molecule has 0 saturated carbocycles. The Labute approximate surface area is 121 Å². The van der Waals surface area contributed by atoms with E-state index in [4.69, 9.17) is 22.6 Å². The molecule has 1 amide bonds. The van der Waals surface area contributed by atoms with Gasteiger partial charge in [-0.2, -0.15) is 5.26 Å². The van der Waals surface area contributed by atoms with E-state index in [1.807, 2.05) is 6.07 Å². The van der Waals surface area contributed by atoms with Crippen LogP contribution in [0.5, 0.6) is 0 Å². The van der Waals surface area contributed by atoms with Crippen molar-refractivity contribution in [3.8, 4) is 6.07 Å². The third-order valence-electron chi connectivity index (χ3n) is 2.58. The fraction of sp³-hybridized carbons (Fsp3) is 0.0714. The zero-order chi connectivity index (χ0) is 14.7. The van der Waals surface area contributed by atoms with Crippen LogP contribution >= 0.6 is 11.6 Å². The second kappa shape index (κ2) is 5.59. The number of nitriles is 1. The number of aromatic nitrogens is 1. The Kier molecular flexibility index (Phi) is 3.87. The van der Waals surface area contributed by atoms with Gasteiger partial charge in [0.05, 0.1) is 22.3 Å². The Balaban J connectivity index is 2.30. The number of carbonyl (C=O) groups is 1. The molecule has 2 aromatic rings. The van der Waals surface area contributed by atoms with Gasteiger partial charge in [0.25, 0.3) is 5.91 Å². The van der Waals surface area contributed by atoms with Crippen LogP contribution in [0, 0.1) is 18.3 Å². The monoisotopic (exact) mass is 286 g/mol. The van der Waals surface area contributed by atoms with E-state index in [1.54, 1.807) is 25.1 Å². The smallest absolute Gasteiger partial charge is 0.255 e. The van der Waals surface area contributed by atoms with Gasteiger partial charge in [-0.1, -0.05) is 11.6 Å². The summed E-state index contributed by atoms with van der Waals surface area (Å²) in [5.41, 5.74) is 7.42. The van der Waals surface area contributed by atoms with E-state index < -0.39 is 0 Å². The lowest BCUT2D eigenvalue weighted by Gasteiger charge is -2.08. The van der Waals surface area contributed by atoms with Crippen molar-refractivity contribution in [1.29, 1.82) is 5.26 Å². The molecule has 2 rings (SSSR count). The fourth-order valence-corrected chi connectivity index (χ4v) is 1.88. The van der Waals surface area contributed by atoms with Gasteiger partial charge in [-0.3, -0.25) is 4.79 Å². The molecule has 0 spiro atoms. The highest BCUT2D eigenvalue weighted by molar-refractivity contribution is 6.34. The summed E-state index contributed by atoms with van der Waals surface area (Å²) in [6, 6.07) is 9.73. The lowest BCUT2D eigenvalue weighted by atomic mass is 10.2. The number of hydrogen-bond donors (Lipinski definition) is 2. The van der Waals surface area contributed by atoms with E-state index in [9.17, 15) is 4.79 Å². The number of halogens is 1. The molecule has 0 fully saturated rings. The summed E-state index contributed by atoms with van der Waals surface area (Å²) in [6.45, 7) is 1.75. The molecule has 5 nitrogen and oxygen atoms in total. The number of pyridine rings is 1. The van der Waals surface area contributed by atoms with Crippen molar-refractivity contribution in [2.45, 2.75) is 6.92 Å².